The zero-order valence-corrected chi connectivity index (χ0v) is 20.3. The van der Waals surface area contributed by atoms with Crippen LogP contribution in [0, 0.1) is 5.92 Å². The summed E-state index contributed by atoms with van der Waals surface area (Å²) in [6.45, 7) is 8.85. The molecule has 33 heavy (non-hydrogen) atoms. The van der Waals surface area contributed by atoms with Crippen molar-refractivity contribution in [1.29, 1.82) is 0 Å². The molecule has 1 fully saturated rings. The fourth-order valence-electron chi connectivity index (χ4n) is 5.01. The van der Waals surface area contributed by atoms with Gasteiger partial charge in [-0.1, -0.05) is 32.9 Å². The second kappa shape index (κ2) is 8.92. The number of aryl methyl sites for hydroxylation is 2. The number of likely N-dealkylation sites (tertiary alicyclic amines) is 1. The van der Waals surface area contributed by atoms with E-state index in [1.807, 2.05) is 44.2 Å². The maximum absolute atomic E-state index is 13.9. The van der Waals surface area contributed by atoms with Crippen molar-refractivity contribution in [2.24, 2.45) is 5.92 Å². The first-order chi connectivity index (χ1) is 16.0. The van der Waals surface area contributed by atoms with Crippen molar-refractivity contribution in [3.05, 3.63) is 57.4 Å². The number of nitrogens with zero attached hydrogens (tertiary/aromatic N) is 2. The van der Waals surface area contributed by atoms with Crippen LogP contribution >= 0.6 is 11.3 Å². The molecule has 1 aliphatic heterocycles. The molecule has 2 aromatic heterocycles. The van der Waals surface area contributed by atoms with Crippen LogP contribution in [0.2, 0.25) is 0 Å². The summed E-state index contributed by atoms with van der Waals surface area (Å²) in [7, 11) is 0. The molecular formula is C27H30N2O3S. The minimum Gasteiger partial charge on any atom is -0.507 e. The number of fused-ring (bicyclic) bond motifs is 2. The second-order valence-electron chi connectivity index (χ2n) is 9.15. The summed E-state index contributed by atoms with van der Waals surface area (Å²) in [5.74, 6) is 1.52. The molecule has 0 spiro atoms. The number of aromatic hydroxyl groups is 1. The molecule has 0 amide bonds. The highest BCUT2D eigenvalue weighted by Crippen LogP contribution is 2.37. The molecule has 2 aromatic carbocycles. The van der Waals surface area contributed by atoms with Gasteiger partial charge in [0.15, 0.2) is 0 Å². The van der Waals surface area contributed by atoms with Gasteiger partial charge in [0.1, 0.15) is 22.1 Å². The lowest BCUT2D eigenvalue weighted by atomic mass is 9.97. The van der Waals surface area contributed by atoms with E-state index in [1.54, 1.807) is 0 Å². The van der Waals surface area contributed by atoms with E-state index in [2.05, 4.69) is 11.8 Å². The number of aromatic nitrogens is 1. The van der Waals surface area contributed by atoms with Gasteiger partial charge in [0.2, 0.25) is 5.43 Å². The predicted molar refractivity (Wildman–Crippen MR) is 135 cm³/mol. The molecule has 0 radical (unpaired) electrons. The van der Waals surface area contributed by atoms with Gasteiger partial charge in [-0.05, 0) is 55.5 Å². The number of benzene rings is 2. The molecule has 0 bridgehead atoms. The fraction of sp³-hybridized carbons (Fsp3) is 0.407. The maximum Gasteiger partial charge on any atom is 0.203 e. The van der Waals surface area contributed by atoms with Gasteiger partial charge < -0.3 is 9.52 Å². The lowest BCUT2D eigenvalue weighted by molar-refractivity contribution is 0.175. The van der Waals surface area contributed by atoms with Crippen molar-refractivity contribution < 1.29 is 9.52 Å². The Morgan fingerprint density at radius 3 is 2.79 bits per heavy atom. The highest BCUT2D eigenvalue weighted by Gasteiger charge is 2.25. The summed E-state index contributed by atoms with van der Waals surface area (Å²) >= 11 is 1.52. The summed E-state index contributed by atoms with van der Waals surface area (Å²) in [6.07, 6.45) is 3.61. The molecule has 1 aliphatic rings. The number of rotatable bonds is 5. The van der Waals surface area contributed by atoms with Gasteiger partial charge in [0, 0.05) is 19.5 Å². The molecular weight excluding hydrogens is 432 g/mol. The molecule has 1 saturated heterocycles. The Labute approximate surface area is 197 Å². The molecule has 1 unspecified atom stereocenters. The van der Waals surface area contributed by atoms with E-state index in [4.69, 9.17) is 9.40 Å². The van der Waals surface area contributed by atoms with E-state index in [0.29, 0.717) is 52.6 Å². The van der Waals surface area contributed by atoms with Crippen molar-refractivity contribution in [3.8, 4) is 16.3 Å². The van der Waals surface area contributed by atoms with Crippen molar-refractivity contribution in [3.63, 3.8) is 0 Å². The van der Waals surface area contributed by atoms with E-state index in [1.165, 1.54) is 17.8 Å². The van der Waals surface area contributed by atoms with E-state index < -0.39 is 0 Å². The normalized spacial score (nSPS) is 17.2. The standard InChI is InChI=1S/C27H30N2O3S/c1-4-17-13-18-25(31)23(27-28-20-10-6-7-11-22(20)33-27)21(5-2)32-26(18)19(24(17)30)15-29-12-8-9-16(3)14-29/h6-7,10-11,13,16,30H,4-5,8-9,12,14-15H2,1-3H3. The van der Waals surface area contributed by atoms with Gasteiger partial charge in [0.05, 0.1) is 26.7 Å². The third kappa shape index (κ3) is 3.96. The number of phenols is 1. The summed E-state index contributed by atoms with van der Waals surface area (Å²) < 4.78 is 7.48. The van der Waals surface area contributed by atoms with Crippen molar-refractivity contribution >= 4 is 32.5 Å². The average Bonchev–Trinajstić information content (AvgIpc) is 3.24. The number of para-hydroxylation sites is 1. The molecule has 3 heterocycles. The Hall–Kier alpha value is -2.70. The first-order valence-electron chi connectivity index (χ1n) is 11.9. The summed E-state index contributed by atoms with van der Waals surface area (Å²) in [6, 6.07) is 9.75. The first kappa shape index (κ1) is 22.1. The van der Waals surface area contributed by atoms with E-state index in [-0.39, 0.29) is 11.2 Å². The monoisotopic (exact) mass is 462 g/mol. The number of thiazole rings is 1. The minimum absolute atomic E-state index is 0.0601. The van der Waals surface area contributed by atoms with Crippen LogP contribution in [0.4, 0.5) is 0 Å². The fourth-order valence-corrected chi connectivity index (χ4v) is 6.03. The summed E-state index contributed by atoms with van der Waals surface area (Å²) in [5, 5.41) is 12.4. The average molecular weight is 463 g/mol. The molecule has 172 valence electrons. The minimum atomic E-state index is -0.0601. The summed E-state index contributed by atoms with van der Waals surface area (Å²) in [5.41, 5.74) is 3.43. The van der Waals surface area contributed by atoms with Crippen molar-refractivity contribution in [1.82, 2.24) is 9.88 Å². The topological polar surface area (TPSA) is 66.6 Å². The predicted octanol–water partition coefficient (Wildman–Crippen LogP) is 6.13. The quantitative estimate of drug-likeness (QED) is 0.386. The van der Waals surface area contributed by atoms with E-state index in [9.17, 15) is 9.90 Å². The van der Waals surface area contributed by atoms with E-state index >= 15 is 0 Å². The lowest BCUT2D eigenvalue weighted by Gasteiger charge is -2.31. The van der Waals surface area contributed by atoms with Crippen molar-refractivity contribution in [2.45, 2.75) is 53.0 Å². The molecule has 6 heteroatoms. The molecule has 0 aliphatic carbocycles. The van der Waals surface area contributed by atoms with Gasteiger partial charge >= 0.3 is 0 Å². The van der Waals surface area contributed by atoms with Crippen LogP contribution in [-0.2, 0) is 19.4 Å². The van der Waals surface area contributed by atoms with Gasteiger partial charge in [-0.15, -0.1) is 11.3 Å². The third-order valence-electron chi connectivity index (χ3n) is 6.74. The Kier molecular flexibility index (Phi) is 5.97. The molecule has 1 atom stereocenters. The Balaban J connectivity index is 1.72. The second-order valence-corrected chi connectivity index (χ2v) is 10.2. The van der Waals surface area contributed by atoms with Crippen LogP contribution in [0.15, 0.2) is 39.5 Å². The van der Waals surface area contributed by atoms with Gasteiger partial charge in [-0.3, -0.25) is 9.69 Å². The van der Waals surface area contributed by atoms with Crippen LogP contribution in [0.1, 0.15) is 50.5 Å². The molecule has 5 rings (SSSR count). The molecule has 0 saturated carbocycles. The molecule has 4 aromatic rings. The zero-order valence-electron chi connectivity index (χ0n) is 19.5. The number of hydrogen-bond acceptors (Lipinski definition) is 6. The van der Waals surface area contributed by atoms with Crippen molar-refractivity contribution in [2.75, 3.05) is 13.1 Å². The summed E-state index contributed by atoms with van der Waals surface area (Å²) in [4.78, 5) is 21.0. The van der Waals surface area contributed by atoms with Crippen LogP contribution in [0.25, 0.3) is 31.8 Å². The largest absolute Gasteiger partial charge is 0.507 e. The van der Waals surface area contributed by atoms with Gasteiger partial charge in [0.25, 0.3) is 0 Å². The SMILES string of the molecule is CCc1cc2c(=O)c(-c3nc4ccccc4s3)c(CC)oc2c(CN2CCCC(C)C2)c1O. The van der Waals surface area contributed by atoms with Crippen LogP contribution in [0.3, 0.4) is 0 Å². The van der Waals surface area contributed by atoms with Crippen LogP contribution < -0.4 is 5.43 Å². The number of hydrogen-bond donors (Lipinski definition) is 1. The smallest absolute Gasteiger partial charge is 0.203 e. The number of piperidine rings is 1. The highest BCUT2D eigenvalue weighted by molar-refractivity contribution is 7.21. The lowest BCUT2D eigenvalue weighted by Crippen LogP contribution is -2.33. The van der Waals surface area contributed by atoms with Crippen LogP contribution in [0.5, 0.6) is 5.75 Å². The Bertz CT molecular complexity index is 1350. The number of phenolic OH excluding ortho intramolecular Hbond substituents is 1. The van der Waals surface area contributed by atoms with E-state index in [0.717, 1.165) is 40.9 Å². The van der Waals surface area contributed by atoms with Gasteiger partial charge in [-0.2, -0.15) is 0 Å². The van der Waals surface area contributed by atoms with Gasteiger partial charge in [-0.25, -0.2) is 4.98 Å². The Morgan fingerprint density at radius 1 is 1.24 bits per heavy atom. The molecule has 1 N–H and O–H groups in total. The van der Waals surface area contributed by atoms with Crippen LogP contribution in [-0.4, -0.2) is 28.1 Å². The zero-order chi connectivity index (χ0) is 23.1. The third-order valence-corrected chi connectivity index (χ3v) is 7.79. The molecule has 5 nitrogen and oxygen atoms in total. The first-order valence-corrected chi connectivity index (χ1v) is 12.7. The Morgan fingerprint density at radius 2 is 2.06 bits per heavy atom. The highest BCUT2D eigenvalue weighted by atomic mass is 32.1. The maximum atomic E-state index is 13.9.